The quantitative estimate of drug-likeness (QED) is 0.194. The second kappa shape index (κ2) is 17.1. The predicted molar refractivity (Wildman–Crippen MR) is 143 cm³/mol. The molecule has 0 atom stereocenters. The summed E-state index contributed by atoms with van der Waals surface area (Å²) in [6.07, 6.45) is 0. The minimum atomic E-state index is -0.623. The van der Waals surface area contributed by atoms with Gasteiger partial charge in [0.25, 0.3) is 5.91 Å². The Morgan fingerprint density at radius 2 is 1.31 bits per heavy atom. The van der Waals surface area contributed by atoms with Gasteiger partial charge in [0.2, 0.25) is 5.91 Å². The highest BCUT2D eigenvalue weighted by molar-refractivity contribution is 7.98. The highest BCUT2D eigenvalue weighted by atomic mass is 35.5. The summed E-state index contributed by atoms with van der Waals surface area (Å²) in [7, 11) is 5.88. The second-order valence-electron chi connectivity index (χ2n) is 6.92. The van der Waals surface area contributed by atoms with Crippen LogP contribution < -0.4 is 5.73 Å². The molecule has 0 bridgehead atoms. The van der Waals surface area contributed by atoms with Gasteiger partial charge in [-0.2, -0.15) is 0 Å². The van der Waals surface area contributed by atoms with Gasteiger partial charge in [-0.1, -0.05) is 60.7 Å². The number of benzene rings is 3. The first-order chi connectivity index (χ1) is 17.2. The zero-order chi connectivity index (χ0) is 26.9. The Morgan fingerprint density at radius 3 is 1.75 bits per heavy atom. The number of nitrogens with two attached hydrogens (primary N) is 1. The van der Waals surface area contributed by atoms with E-state index in [1.807, 2.05) is 48.5 Å². The highest BCUT2D eigenvalue weighted by Gasteiger charge is 2.15. The van der Waals surface area contributed by atoms with Crippen molar-refractivity contribution in [2.75, 3.05) is 28.3 Å². The SMILES string of the molecule is CON(C)C(=O)Cl.CON(C)C(=O)c1ccccc1SCc1ccccc1.NC(=O)c1ccccc1. The molecule has 10 heteroatoms. The number of carbonyl (C=O) groups excluding carboxylic acids is 3. The van der Waals surface area contributed by atoms with Crippen molar-refractivity contribution in [2.45, 2.75) is 10.6 Å². The van der Waals surface area contributed by atoms with Crippen LogP contribution in [0, 0.1) is 0 Å². The molecule has 2 N–H and O–H groups in total. The van der Waals surface area contributed by atoms with Crippen LogP contribution in [-0.2, 0) is 15.4 Å². The van der Waals surface area contributed by atoms with Crippen LogP contribution in [0.1, 0.15) is 26.3 Å². The lowest BCUT2D eigenvalue weighted by Gasteiger charge is -2.15. The zero-order valence-electron chi connectivity index (χ0n) is 20.6. The van der Waals surface area contributed by atoms with Crippen molar-refractivity contribution in [1.29, 1.82) is 0 Å². The van der Waals surface area contributed by atoms with Crippen molar-refractivity contribution < 1.29 is 24.1 Å². The van der Waals surface area contributed by atoms with Gasteiger partial charge in [-0.3, -0.25) is 24.1 Å². The molecule has 0 unspecified atom stereocenters. The third kappa shape index (κ3) is 11.4. The van der Waals surface area contributed by atoms with E-state index in [1.54, 1.807) is 43.1 Å². The molecular weight excluding hydrogens is 502 g/mol. The van der Waals surface area contributed by atoms with E-state index in [0.717, 1.165) is 15.7 Å². The predicted octanol–water partition coefficient (Wildman–Crippen LogP) is 5.24. The molecule has 3 rings (SSSR count). The van der Waals surface area contributed by atoms with Crippen LogP contribution in [0.2, 0.25) is 0 Å². The van der Waals surface area contributed by atoms with Crippen LogP contribution in [0.4, 0.5) is 4.79 Å². The molecule has 0 radical (unpaired) electrons. The van der Waals surface area contributed by atoms with Crippen LogP contribution in [0.25, 0.3) is 0 Å². The Bertz CT molecular complexity index is 1090. The summed E-state index contributed by atoms with van der Waals surface area (Å²) in [4.78, 5) is 42.8. The number of nitrogens with zero attached hydrogens (tertiary/aromatic N) is 2. The monoisotopic (exact) mass is 531 g/mol. The van der Waals surface area contributed by atoms with E-state index < -0.39 is 5.37 Å². The van der Waals surface area contributed by atoms with Crippen LogP contribution in [0.15, 0.2) is 89.8 Å². The number of hydroxylamine groups is 4. The van der Waals surface area contributed by atoms with Crippen molar-refractivity contribution in [2.24, 2.45) is 5.73 Å². The minimum absolute atomic E-state index is 0.135. The zero-order valence-corrected chi connectivity index (χ0v) is 22.2. The molecule has 3 aromatic carbocycles. The van der Waals surface area contributed by atoms with Gasteiger partial charge in [0.05, 0.1) is 19.8 Å². The van der Waals surface area contributed by atoms with Crippen molar-refractivity contribution in [3.05, 3.63) is 102 Å². The topological polar surface area (TPSA) is 102 Å². The molecule has 0 heterocycles. The van der Waals surface area contributed by atoms with Gasteiger partial charge in [-0.05, 0) is 41.4 Å². The first-order valence-corrected chi connectivity index (χ1v) is 12.0. The summed E-state index contributed by atoms with van der Waals surface area (Å²) in [5, 5.41) is 1.53. The summed E-state index contributed by atoms with van der Waals surface area (Å²) in [5.41, 5.74) is 7.43. The Hall–Kier alpha value is -3.37. The molecule has 192 valence electrons. The molecule has 0 spiro atoms. The fourth-order valence-corrected chi connectivity index (χ4v) is 3.50. The molecule has 0 fully saturated rings. The molecule has 0 saturated carbocycles. The molecule has 36 heavy (non-hydrogen) atoms. The fraction of sp³-hybridized carbons (Fsp3) is 0.192. The van der Waals surface area contributed by atoms with Crippen LogP contribution in [-0.4, -0.2) is 55.6 Å². The molecule has 0 saturated heterocycles. The van der Waals surface area contributed by atoms with E-state index in [1.165, 1.54) is 31.9 Å². The molecule has 0 aliphatic rings. The lowest BCUT2D eigenvalue weighted by atomic mass is 10.2. The molecule has 8 nitrogen and oxygen atoms in total. The molecule has 0 aliphatic carbocycles. The largest absolute Gasteiger partial charge is 0.366 e. The number of carbonyl (C=O) groups is 3. The Balaban J connectivity index is 0.000000333. The molecule has 0 aliphatic heterocycles. The lowest BCUT2D eigenvalue weighted by molar-refractivity contribution is -0.0759. The van der Waals surface area contributed by atoms with Gasteiger partial charge in [-0.25, -0.2) is 10.1 Å². The molecular formula is C26H30ClN3O5S. The second-order valence-corrected chi connectivity index (χ2v) is 8.26. The van der Waals surface area contributed by atoms with Gasteiger partial charge in [0.1, 0.15) is 0 Å². The number of hydrogen-bond acceptors (Lipinski definition) is 6. The average Bonchev–Trinajstić information content (AvgIpc) is 2.92. The molecule has 3 amide bonds. The van der Waals surface area contributed by atoms with Crippen LogP contribution in [0.5, 0.6) is 0 Å². The van der Waals surface area contributed by atoms with Gasteiger partial charge in [0.15, 0.2) is 0 Å². The first kappa shape index (κ1) is 30.7. The minimum Gasteiger partial charge on any atom is -0.366 e. The summed E-state index contributed by atoms with van der Waals surface area (Å²) in [6.45, 7) is 0. The van der Waals surface area contributed by atoms with E-state index in [2.05, 4.69) is 17.0 Å². The lowest BCUT2D eigenvalue weighted by Crippen LogP contribution is -2.25. The smallest absolute Gasteiger partial charge is 0.339 e. The summed E-state index contributed by atoms with van der Waals surface area (Å²) in [5.74, 6) is 0.321. The van der Waals surface area contributed by atoms with E-state index >= 15 is 0 Å². The van der Waals surface area contributed by atoms with E-state index in [0.29, 0.717) is 11.1 Å². The number of amides is 3. The average molecular weight is 532 g/mol. The number of primary amides is 1. The Labute approximate surface area is 220 Å². The fourth-order valence-electron chi connectivity index (χ4n) is 2.43. The summed E-state index contributed by atoms with van der Waals surface area (Å²) < 4.78 is 0. The summed E-state index contributed by atoms with van der Waals surface area (Å²) in [6, 6.07) is 26.6. The van der Waals surface area contributed by atoms with E-state index in [9.17, 15) is 14.4 Å². The Kier molecular flexibility index (Phi) is 14.6. The maximum Gasteiger partial charge on any atom is 0.339 e. The maximum absolute atomic E-state index is 12.2. The van der Waals surface area contributed by atoms with Crippen molar-refractivity contribution in [1.82, 2.24) is 10.1 Å². The van der Waals surface area contributed by atoms with Crippen LogP contribution in [0.3, 0.4) is 0 Å². The van der Waals surface area contributed by atoms with Gasteiger partial charge < -0.3 is 5.73 Å². The standard InChI is InChI=1S/C16H17NO2S.C7H7NO.C3H6ClNO2/c1-17(19-2)16(18)14-10-6-7-11-15(14)20-12-13-8-4-3-5-9-13;8-7(9)6-4-2-1-3-5-6;1-5(7-2)3(4)6/h3-11H,12H2,1-2H3;1-5H,(H2,8,9);1-2H3. The van der Waals surface area contributed by atoms with Crippen molar-refractivity contribution in [3.8, 4) is 0 Å². The highest BCUT2D eigenvalue weighted by Crippen LogP contribution is 2.27. The van der Waals surface area contributed by atoms with E-state index in [-0.39, 0.29) is 11.8 Å². The third-order valence-corrected chi connectivity index (χ3v) is 5.88. The normalized spacial score (nSPS) is 9.58. The Morgan fingerprint density at radius 1 is 0.806 bits per heavy atom. The number of hydrogen-bond donors (Lipinski definition) is 1. The number of halogens is 1. The van der Waals surface area contributed by atoms with Gasteiger partial charge >= 0.3 is 5.37 Å². The van der Waals surface area contributed by atoms with E-state index in [4.69, 9.17) is 22.2 Å². The van der Waals surface area contributed by atoms with Crippen molar-refractivity contribution >= 4 is 40.5 Å². The molecule has 0 aromatic heterocycles. The van der Waals surface area contributed by atoms with Crippen molar-refractivity contribution in [3.63, 3.8) is 0 Å². The third-order valence-electron chi connectivity index (χ3n) is 4.49. The number of rotatable bonds is 7. The summed E-state index contributed by atoms with van der Waals surface area (Å²) >= 11 is 6.54. The van der Waals surface area contributed by atoms with Gasteiger partial charge in [0, 0.05) is 30.3 Å². The molecule has 3 aromatic rings. The number of thioether (sulfide) groups is 1. The van der Waals surface area contributed by atoms with Crippen LogP contribution >= 0.6 is 23.4 Å². The maximum atomic E-state index is 12.2. The first-order valence-electron chi connectivity index (χ1n) is 10.6. The van der Waals surface area contributed by atoms with Gasteiger partial charge in [-0.15, -0.1) is 11.8 Å².